The minimum absolute atomic E-state index is 0.0268. The number of carbonyl (C=O) groups excluding carboxylic acids is 1. The molecule has 1 heterocycles. The van der Waals surface area contributed by atoms with E-state index in [9.17, 15) is 23.5 Å². The molecule has 0 spiro atoms. The highest BCUT2D eigenvalue weighted by Crippen LogP contribution is 2.51. The van der Waals surface area contributed by atoms with Gasteiger partial charge in [-0.15, -0.1) is 8.78 Å². The first-order valence-electron chi connectivity index (χ1n) is 10.4. The van der Waals surface area contributed by atoms with Crippen LogP contribution < -0.4 is 14.8 Å². The number of rotatable bonds is 7. The van der Waals surface area contributed by atoms with Crippen LogP contribution in [0.5, 0.6) is 11.5 Å². The number of aromatic carboxylic acids is 1. The fraction of sp³-hybridized carbons (Fsp3) is 0.292. The van der Waals surface area contributed by atoms with Gasteiger partial charge in [-0.25, -0.2) is 4.79 Å². The van der Waals surface area contributed by atoms with E-state index >= 15 is 0 Å². The molecule has 7 nitrogen and oxygen atoms in total. The number of ether oxygens (including phenoxy) is 2. The second kappa shape index (κ2) is 8.31. The topological polar surface area (TPSA) is 97.2 Å². The van der Waals surface area contributed by atoms with Crippen molar-refractivity contribution in [3.05, 3.63) is 70.8 Å². The largest absolute Gasteiger partial charge is 0.586 e. The van der Waals surface area contributed by atoms with Crippen molar-refractivity contribution in [1.29, 1.82) is 0 Å². The van der Waals surface area contributed by atoms with Crippen molar-refractivity contribution < 1.29 is 33.0 Å². The number of halogens is 2. The minimum atomic E-state index is -3.71. The molecule has 0 saturated heterocycles. The van der Waals surface area contributed by atoms with E-state index in [2.05, 4.69) is 19.8 Å². The van der Waals surface area contributed by atoms with Crippen molar-refractivity contribution in [2.24, 2.45) is 4.99 Å². The summed E-state index contributed by atoms with van der Waals surface area (Å²) in [4.78, 5) is 28.8. The molecule has 2 aromatic rings. The fourth-order valence-electron chi connectivity index (χ4n) is 3.76. The predicted molar refractivity (Wildman–Crippen MR) is 116 cm³/mol. The maximum absolute atomic E-state index is 13.3. The summed E-state index contributed by atoms with van der Waals surface area (Å²) < 4.78 is 35.5. The van der Waals surface area contributed by atoms with Gasteiger partial charge in [0.25, 0.3) is 0 Å². The van der Waals surface area contributed by atoms with Crippen molar-refractivity contribution in [2.75, 3.05) is 6.67 Å². The smallest absolute Gasteiger partial charge is 0.478 e. The molecule has 2 aromatic carbocycles. The lowest BCUT2D eigenvalue weighted by atomic mass is 9.94. The lowest BCUT2D eigenvalue weighted by Crippen LogP contribution is -2.35. The molecule has 0 radical (unpaired) electrons. The zero-order chi connectivity index (χ0) is 23.8. The molecule has 1 aliphatic heterocycles. The Kier molecular flexibility index (Phi) is 5.65. The average Bonchev–Trinajstić information content (AvgIpc) is 3.53. The number of alkyl halides is 2. The van der Waals surface area contributed by atoms with Crippen LogP contribution in [0.4, 0.5) is 8.78 Å². The highest BCUT2D eigenvalue weighted by Gasteiger charge is 2.52. The van der Waals surface area contributed by atoms with Gasteiger partial charge in [0.05, 0.1) is 16.7 Å². The van der Waals surface area contributed by atoms with Gasteiger partial charge in [-0.3, -0.25) is 9.79 Å². The van der Waals surface area contributed by atoms with Crippen LogP contribution in [0.15, 0.2) is 59.1 Å². The SMILES string of the molecule is C/C=C(C)\C(=N/CNC(=O)C1(c2ccc3c(c2)OC(F)(F)O3)CC1)c1cccc(C(=O)O)c1. The number of nitrogens with one attached hydrogen (secondary N) is 1. The number of nitrogens with zero attached hydrogens (tertiary/aromatic N) is 1. The normalized spacial score (nSPS) is 18.1. The third-order valence-corrected chi connectivity index (χ3v) is 5.80. The average molecular weight is 456 g/mol. The molecule has 1 fully saturated rings. The molecular weight excluding hydrogens is 434 g/mol. The van der Waals surface area contributed by atoms with E-state index in [0.29, 0.717) is 29.7 Å². The molecule has 1 aliphatic carbocycles. The van der Waals surface area contributed by atoms with Gasteiger partial charge in [0.2, 0.25) is 5.91 Å². The van der Waals surface area contributed by atoms with Crippen molar-refractivity contribution in [3.8, 4) is 11.5 Å². The van der Waals surface area contributed by atoms with E-state index in [4.69, 9.17) is 0 Å². The molecule has 1 saturated carbocycles. The molecule has 1 amide bonds. The molecule has 33 heavy (non-hydrogen) atoms. The lowest BCUT2D eigenvalue weighted by molar-refractivity contribution is -0.286. The zero-order valence-electron chi connectivity index (χ0n) is 18.0. The van der Waals surface area contributed by atoms with Gasteiger partial charge in [-0.1, -0.05) is 24.3 Å². The number of carboxylic acids is 1. The van der Waals surface area contributed by atoms with E-state index in [1.165, 1.54) is 24.3 Å². The van der Waals surface area contributed by atoms with E-state index in [1.54, 1.807) is 18.2 Å². The highest BCUT2D eigenvalue weighted by atomic mass is 19.3. The third kappa shape index (κ3) is 4.44. The molecule has 0 bridgehead atoms. The fourth-order valence-corrected chi connectivity index (χ4v) is 3.76. The Morgan fingerprint density at radius 2 is 1.82 bits per heavy atom. The number of carbonyl (C=O) groups is 2. The summed E-state index contributed by atoms with van der Waals surface area (Å²) in [5.41, 5.74) is 1.89. The van der Waals surface area contributed by atoms with Gasteiger partial charge >= 0.3 is 12.3 Å². The molecule has 172 valence electrons. The van der Waals surface area contributed by atoms with Crippen molar-refractivity contribution in [3.63, 3.8) is 0 Å². The number of carboxylic acid groups (broad SMARTS) is 1. The Morgan fingerprint density at radius 3 is 2.48 bits per heavy atom. The minimum Gasteiger partial charge on any atom is -0.478 e. The zero-order valence-corrected chi connectivity index (χ0v) is 18.0. The molecule has 4 rings (SSSR count). The molecule has 9 heteroatoms. The van der Waals surface area contributed by atoms with E-state index in [-0.39, 0.29) is 29.6 Å². The van der Waals surface area contributed by atoms with Crippen LogP contribution in [-0.2, 0) is 10.2 Å². The summed E-state index contributed by atoms with van der Waals surface area (Å²) in [5, 5.41) is 12.1. The first-order valence-corrected chi connectivity index (χ1v) is 10.4. The Bertz CT molecular complexity index is 1190. The number of benzene rings is 2. The van der Waals surface area contributed by atoms with Gasteiger partial charge in [0.1, 0.15) is 6.67 Å². The number of amides is 1. The van der Waals surface area contributed by atoms with Crippen LogP contribution in [0.3, 0.4) is 0 Å². The van der Waals surface area contributed by atoms with Crippen LogP contribution in [0.1, 0.15) is 48.2 Å². The van der Waals surface area contributed by atoms with Gasteiger partial charge in [-0.2, -0.15) is 0 Å². The van der Waals surface area contributed by atoms with Gasteiger partial charge in [-0.05, 0) is 62.1 Å². The van der Waals surface area contributed by atoms with Crippen molar-refractivity contribution in [1.82, 2.24) is 5.32 Å². The Hall–Kier alpha value is -3.75. The lowest BCUT2D eigenvalue weighted by Gasteiger charge is -2.16. The number of hydrogen-bond donors (Lipinski definition) is 2. The molecule has 0 atom stereocenters. The number of allylic oxidation sites excluding steroid dienone is 2. The second-order valence-corrected chi connectivity index (χ2v) is 7.94. The highest BCUT2D eigenvalue weighted by molar-refractivity contribution is 6.13. The van der Waals surface area contributed by atoms with Crippen LogP contribution >= 0.6 is 0 Å². The van der Waals surface area contributed by atoms with Crippen LogP contribution in [0, 0.1) is 0 Å². The molecule has 0 unspecified atom stereocenters. The standard InChI is InChI=1S/C24H22F2N2O5/c1-3-14(2)20(15-5-4-6-16(11-15)21(29)30)27-13-28-22(31)23(9-10-23)17-7-8-18-19(12-17)33-24(25,26)32-18/h3-8,11-12H,9-10,13H2,1-2H3,(H,28,31)(H,29,30)/b14-3-,27-20+. The Labute approximate surface area is 188 Å². The van der Waals surface area contributed by atoms with Crippen molar-refractivity contribution >= 4 is 17.6 Å². The molecule has 2 N–H and O–H groups in total. The van der Waals surface area contributed by atoms with Crippen molar-refractivity contribution in [2.45, 2.75) is 38.4 Å². The Morgan fingerprint density at radius 1 is 1.12 bits per heavy atom. The maximum Gasteiger partial charge on any atom is 0.586 e. The van der Waals surface area contributed by atoms with Gasteiger partial charge < -0.3 is 19.9 Å². The summed E-state index contributed by atoms with van der Waals surface area (Å²) >= 11 is 0. The maximum atomic E-state index is 13.3. The molecule has 0 aromatic heterocycles. The summed E-state index contributed by atoms with van der Waals surface area (Å²) in [6, 6.07) is 10.8. The number of hydrogen-bond acceptors (Lipinski definition) is 5. The van der Waals surface area contributed by atoms with Gasteiger partial charge in [0, 0.05) is 5.56 Å². The van der Waals surface area contributed by atoms with Gasteiger partial charge in [0.15, 0.2) is 11.5 Å². The van der Waals surface area contributed by atoms with E-state index in [0.717, 1.165) is 5.57 Å². The quantitative estimate of drug-likeness (QED) is 0.607. The second-order valence-electron chi connectivity index (χ2n) is 7.94. The van der Waals surface area contributed by atoms with E-state index in [1.807, 2.05) is 19.9 Å². The third-order valence-electron chi connectivity index (χ3n) is 5.80. The summed E-state index contributed by atoms with van der Waals surface area (Å²) in [5.74, 6) is -1.48. The first-order chi connectivity index (χ1) is 15.6. The van der Waals surface area contributed by atoms with Crippen LogP contribution in [0.2, 0.25) is 0 Å². The summed E-state index contributed by atoms with van der Waals surface area (Å²) in [6.07, 6.45) is -0.730. The van der Waals surface area contributed by atoms with Crippen LogP contribution in [-0.4, -0.2) is 35.7 Å². The van der Waals surface area contributed by atoms with E-state index < -0.39 is 17.7 Å². The molecular formula is C24H22F2N2O5. The predicted octanol–water partition coefficient (Wildman–Crippen LogP) is 4.27. The first kappa shape index (κ1) is 22.4. The Balaban J connectivity index is 1.51. The summed E-state index contributed by atoms with van der Waals surface area (Å²) in [7, 11) is 0. The monoisotopic (exact) mass is 456 g/mol. The summed E-state index contributed by atoms with van der Waals surface area (Å²) in [6.45, 7) is 3.66. The molecule has 2 aliphatic rings. The number of aliphatic imine (C=N–C) groups is 1. The van der Waals surface area contributed by atoms with Crippen LogP contribution in [0.25, 0.3) is 0 Å². The number of fused-ring (bicyclic) bond motifs is 1.